The van der Waals surface area contributed by atoms with Crippen LogP contribution in [0.25, 0.3) is 0 Å². The predicted molar refractivity (Wildman–Crippen MR) is 64.1 cm³/mol. The second-order valence-electron chi connectivity index (χ2n) is 3.35. The molecule has 0 spiro atoms. The molecule has 0 unspecified atom stereocenters. The van der Waals surface area contributed by atoms with Crippen LogP contribution in [0.4, 0.5) is 4.39 Å². The van der Waals surface area contributed by atoms with E-state index in [1.165, 1.54) is 17.8 Å². The summed E-state index contributed by atoms with van der Waals surface area (Å²) >= 11 is 1.42. The van der Waals surface area contributed by atoms with Crippen LogP contribution in [0.3, 0.4) is 0 Å². The van der Waals surface area contributed by atoms with Gasteiger partial charge in [0.1, 0.15) is 11.6 Å². The maximum Gasteiger partial charge on any atom is 0.129 e. The molecule has 0 saturated carbocycles. The molecule has 2 aromatic rings. The normalized spacial score (nSPS) is 10.3. The van der Waals surface area contributed by atoms with E-state index >= 15 is 0 Å². The van der Waals surface area contributed by atoms with Gasteiger partial charge in [0, 0.05) is 10.6 Å². The van der Waals surface area contributed by atoms with Gasteiger partial charge in [-0.25, -0.2) is 4.39 Å². The maximum absolute atomic E-state index is 13.3. The van der Waals surface area contributed by atoms with E-state index in [-0.39, 0.29) is 11.6 Å². The van der Waals surface area contributed by atoms with Crippen LogP contribution < -0.4 is 0 Å². The van der Waals surface area contributed by atoms with Crippen LogP contribution in [0.2, 0.25) is 0 Å². The summed E-state index contributed by atoms with van der Waals surface area (Å²) in [5.74, 6) is 0.554. The van der Waals surface area contributed by atoms with Gasteiger partial charge in [0.2, 0.25) is 0 Å². The summed E-state index contributed by atoms with van der Waals surface area (Å²) in [5, 5.41) is 9.54. The third kappa shape index (κ3) is 2.55. The van der Waals surface area contributed by atoms with Crippen LogP contribution in [0.1, 0.15) is 5.56 Å². The van der Waals surface area contributed by atoms with Crippen molar-refractivity contribution in [3.8, 4) is 5.75 Å². The fourth-order valence-electron chi connectivity index (χ4n) is 1.35. The third-order valence-electron chi connectivity index (χ3n) is 2.21. The molecule has 0 amide bonds. The van der Waals surface area contributed by atoms with Gasteiger partial charge < -0.3 is 5.11 Å². The summed E-state index contributed by atoms with van der Waals surface area (Å²) in [5.41, 5.74) is 0.649. The lowest BCUT2D eigenvalue weighted by molar-refractivity contribution is 0.462. The number of halogens is 1. The Morgan fingerprint density at radius 3 is 2.44 bits per heavy atom. The number of rotatable bonds is 3. The summed E-state index contributed by atoms with van der Waals surface area (Å²) in [6.07, 6.45) is 0. The van der Waals surface area contributed by atoms with E-state index in [2.05, 4.69) is 0 Å². The van der Waals surface area contributed by atoms with Crippen LogP contribution in [-0.2, 0) is 5.75 Å². The Morgan fingerprint density at radius 1 is 1.00 bits per heavy atom. The van der Waals surface area contributed by atoms with Crippen molar-refractivity contribution in [2.45, 2.75) is 10.6 Å². The van der Waals surface area contributed by atoms with Crippen molar-refractivity contribution in [2.24, 2.45) is 0 Å². The second-order valence-corrected chi connectivity index (χ2v) is 4.36. The largest absolute Gasteiger partial charge is 0.507 e. The molecule has 1 nitrogen and oxygen atoms in total. The lowest BCUT2D eigenvalue weighted by Crippen LogP contribution is -1.86. The van der Waals surface area contributed by atoms with Crippen molar-refractivity contribution in [3.63, 3.8) is 0 Å². The highest BCUT2D eigenvalue weighted by Gasteiger charge is 2.04. The zero-order valence-electron chi connectivity index (χ0n) is 8.56. The molecule has 0 heterocycles. The quantitative estimate of drug-likeness (QED) is 0.815. The van der Waals surface area contributed by atoms with E-state index in [4.69, 9.17) is 0 Å². The average Bonchev–Trinajstić information content (AvgIpc) is 2.30. The van der Waals surface area contributed by atoms with Gasteiger partial charge in [-0.3, -0.25) is 0 Å². The Balaban J connectivity index is 2.09. The summed E-state index contributed by atoms with van der Waals surface area (Å²) < 4.78 is 13.3. The molecule has 82 valence electrons. The number of aromatic hydroxyl groups is 1. The summed E-state index contributed by atoms with van der Waals surface area (Å²) in [6.45, 7) is 0. The fraction of sp³-hybridized carbons (Fsp3) is 0.0769. The highest BCUT2D eigenvalue weighted by molar-refractivity contribution is 7.98. The first-order chi connectivity index (χ1) is 7.77. The second kappa shape index (κ2) is 5.03. The number of thioether (sulfide) groups is 1. The van der Waals surface area contributed by atoms with Crippen molar-refractivity contribution in [2.75, 3.05) is 0 Å². The Morgan fingerprint density at radius 2 is 1.69 bits per heavy atom. The molecule has 0 saturated heterocycles. The topological polar surface area (TPSA) is 20.2 Å². The van der Waals surface area contributed by atoms with Crippen molar-refractivity contribution in [1.82, 2.24) is 0 Å². The standard InChI is InChI=1S/C13H11FOS/c14-11-6-2-1-5-10(11)9-16-13-8-4-3-7-12(13)15/h1-8,15H,9H2. The van der Waals surface area contributed by atoms with E-state index in [9.17, 15) is 9.50 Å². The highest BCUT2D eigenvalue weighted by Crippen LogP contribution is 2.30. The van der Waals surface area contributed by atoms with Crippen LogP contribution >= 0.6 is 11.8 Å². The summed E-state index contributed by atoms with van der Waals surface area (Å²) in [6, 6.07) is 13.7. The number of hydrogen-bond acceptors (Lipinski definition) is 2. The van der Waals surface area contributed by atoms with E-state index in [1.54, 1.807) is 24.3 Å². The zero-order chi connectivity index (χ0) is 11.4. The minimum atomic E-state index is -0.203. The molecule has 0 aromatic heterocycles. The Labute approximate surface area is 97.9 Å². The number of phenols is 1. The first kappa shape index (κ1) is 11.0. The van der Waals surface area contributed by atoms with Gasteiger partial charge in [0.15, 0.2) is 0 Å². The van der Waals surface area contributed by atoms with Gasteiger partial charge in [0.25, 0.3) is 0 Å². The lowest BCUT2D eigenvalue weighted by Gasteiger charge is -2.04. The molecule has 3 heteroatoms. The zero-order valence-corrected chi connectivity index (χ0v) is 9.38. The van der Waals surface area contributed by atoms with Gasteiger partial charge in [0.05, 0.1) is 0 Å². The van der Waals surface area contributed by atoms with Crippen LogP contribution in [0.15, 0.2) is 53.4 Å². The van der Waals surface area contributed by atoms with Gasteiger partial charge in [-0.2, -0.15) is 0 Å². The molecule has 0 aliphatic heterocycles. The molecule has 0 aliphatic rings. The summed E-state index contributed by atoms with van der Waals surface area (Å²) in [4.78, 5) is 0.769. The first-order valence-electron chi connectivity index (χ1n) is 4.91. The van der Waals surface area contributed by atoms with E-state index < -0.39 is 0 Å². The van der Waals surface area contributed by atoms with Crippen LogP contribution in [0, 0.1) is 5.82 Å². The fourth-order valence-corrected chi connectivity index (χ4v) is 2.29. The van der Waals surface area contributed by atoms with Crippen molar-refractivity contribution in [1.29, 1.82) is 0 Å². The SMILES string of the molecule is Oc1ccccc1SCc1ccccc1F. The van der Waals surface area contributed by atoms with Gasteiger partial charge in [-0.15, -0.1) is 11.8 Å². The first-order valence-corrected chi connectivity index (χ1v) is 5.90. The molecule has 16 heavy (non-hydrogen) atoms. The molecule has 0 aliphatic carbocycles. The van der Waals surface area contributed by atoms with Crippen molar-refractivity contribution in [3.05, 3.63) is 59.9 Å². The molecule has 0 fully saturated rings. The predicted octanol–water partition coefficient (Wildman–Crippen LogP) is 3.82. The minimum absolute atomic E-state index is 0.203. The van der Waals surface area contributed by atoms with Crippen molar-refractivity contribution < 1.29 is 9.50 Å². The molecule has 1 N–H and O–H groups in total. The average molecular weight is 234 g/mol. The highest BCUT2D eigenvalue weighted by atomic mass is 32.2. The Bertz CT molecular complexity index is 439. The Hall–Kier alpha value is -1.48. The van der Waals surface area contributed by atoms with Crippen LogP contribution in [0.5, 0.6) is 5.75 Å². The maximum atomic E-state index is 13.3. The minimum Gasteiger partial charge on any atom is -0.507 e. The third-order valence-corrected chi connectivity index (χ3v) is 3.32. The Kier molecular flexibility index (Phi) is 3.47. The van der Waals surface area contributed by atoms with E-state index in [0.29, 0.717) is 11.3 Å². The lowest BCUT2D eigenvalue weighted by atomic mass is 10.2. The number of benzene rings is 2. The molecular formula is C13H11FOS. The van der Waals surface area contributed by atoms with E-state index in [1.807, 2.05) is 18.2 Å². The van der Waals surface area contributed by atoms with Gasteiger partial charge >= 0.3 is 0 Å². The van der Waals surface area contributed by atoms with Gasteiger partial charge in [-0.1, -0.05) is 30.3 Å². The monoisotopic (exact) mass is 234 g/mol. The number of phenolic OH excluding ortho intramolecular Hbond substituents is 1. The smallest absolute Gasteiger partial charge is 0.129 e. The molecule has 2 rings (SSSR count). The molecule has 0 radical (unpaired) electrons. The van der Waals surface area contributed by atoms with Crippen molar-refractivity contribution >= 4 is 11.8 Å². The molecule has 2 aromatic carbocycles. The number of hydrogen-bond donors (Lipinski definition) is 1. The molecule has 0 bridgehead atoms. The number of para-hydroxylation sites is 1. The summed E-state index contributed by atoms with van der Waals surface area (Å²) in [7, 11) is 0. The van der Waals surface area contributed by atoms with Gasteiger partial charge in [-0.05, 0) is 23.8 Å². The molecule has 0 atom stereocenters. The van der Waals surface area contributed by atoms with E-state index in [0.717, 1.165) is 4.90 Å². The van der Waals surface area contributed by atoms with Crippen LogP contribution in [-0.4, -0.2) is 5.11 Å². The molecular weight excluding hydrogens is 223 g/mol.